The minimum Gasteiger partial charge on any atom is -0.467 e. The van der Waals surface area contributed by atoms with Crippen LogP contribution in [-0.2, 0) is 19.6 Å². The number of halogens is 1. The molecule has 30 heavy (non-hydrogen) atoms. The Morgan fingerprint density at radius 1 is 1.10 bits per heavy atom. The maximum absolute atomic E-state index is 13.1. The van der Waals surface area contributed by atoms with Gasteiger partial charge in [0, 0.05) is 17.6 Å². The van der Waals surface area contributed by atoms with Crippen molar-refractivity contribution in [3.8, 4) is 0 Å². The zero-order valence-electron chi connectivity index (χ0n) is 16.7. The van der Waals surface area contributed by atoms with Gasteiger partial charge >= 0.3 is 5.97 Å². The summed E-state index contributed by atoms with van der Waals surface area (Å²) in [5, 5.41) is 3.18. The van der Waals surface area contributed by atoms with Crippen LogP contribution in [0.1, 0.15) is 36.0 Å². The Bertz CT molecular complexity index is 1060. The predicted octanol–water partition coefficient (Wildman–Crippen LogP) is 3.38. The molecule has 1 aliphatic carbocycles. The number of methoxy groups -OCH3 is 1. The number of anilines is 1. The van der Waals surface area contributed by atoms with Crippen molar-refractivity contribution in [1.29, 1.82) is 0 Å². The van der Waals surface area contributed by atoms with Crippen LogP contribution in [0.2, 0.25) is 5.02 Å². The third-order valence-corrected chi connectivity index (χ3v) is 7.33. The zero-order chi connectivity index (χ0) is 21.9. The van der Waals surface area contributed by atoms with Crippen LogP contribution < -0.4 is 9.62 Å². The molecule has 1 saturated carbocycles. The number of carbonyl (C=O) groups is 2. The summed E-state index contributed by atoms with van der Waals surface area (Å²) < 4.78 is 32.1. The van der Waals surface area contributed by atoms with Gasteiger partial charge < -0.3 is 10.1 Å². The molecule has 0 unspecified atom stereocenters. The highest BCUT2D eigenvalue weighted by atomic mass is 35.5. The summed E-state index contributed by atoms with van der Waals surface area (Å²) in [6.45, 7) is 0. The molecule has 0 aromatic heterocycles. The Morgan fingerprint density at radius 2 is 1.77 bits per heavy atom. The van der Waals surface area contributed by atoms with E-state index in [0.717, 1.165) is 17.1 Å². The van der Waals surface area contributed by atoms with Gasteiger partial charge in [0.05, 0.1) is 17.7 Å². The van der Waals surface area contributed by atoms with Crippen LogP contribution in [0.3, 0.4) is 0 Å². The maximum atomic E-state index is 13.1. The van der Waals surface area contributed by atoms with Crippen molar-refractivity contribution in [1.82, 2.24) is 5.32 Å². The summed E-state index contributed by atoms with van der Waals surface area (Å²) in [4.78, 5) is 25.1. The molecule has 7 nitrogen and oxygen atoms in total. The van der Waals surface area contributed by atoms with Crippen LogP contribution in [0, 0.1) is 0 Å². The molecule has 0 atom stereocenters. The highest BCUT2D eigenvalue weighted by molar-refractivity contribution is 7.92. The van der Waals surface area contributed by atoms with Gasteiger partial charge in [-0.1, -0.05) is 36.6 Å². The van der Waals surface area contributed by atoms with E-state index in [2.05, 4.69) is 5.32 Å². The lowest BCUT2D eigenvalue weighted by Crippen LogP contribution is -2.53. The molecule has 1 aliphatic rings. The number of benzene rings is 2. The molecule has 0 heterocycles. The second-order valence-corrected chi connectivity index (χ2v) is 9.62. The van der Waals surface area contributed by atoms with Gasteiger partial charge in [0.25, 0.3) is 15.9 Å². The predicted molar refractivity (Wildman–Crippen MR) is 114 cm³/mol. The van der Waals surface area contributed by atoms with Crippen molar-refractivity contribution in [2.24, 2.45) is 0 Å². The Hall–Kier alpha value is -2.58. The fourth-order valence-electron chi connectivity index (χ4n) is 3.61. The van der Waals surface area contributed by atoms with Crippen molar-refractivity contribution >= 4 is 39.2 Å². The quantitative estimate of drug-likeness (QED) is 0.681. The van der Waals surface area contributed by atoms with Gasteiger partial charge in [0.1, 0.15) is 5.54 Å². The fraction of sp³-hybridized carbons (Fsp3) is 0.333. The van der Waals surface area contributed by atoms with E-state index < -0.39 is 27.4 Å². The monoisotopic (exact) mass is 450 g/mol. The lowest BCUT2D eigenvalue weighted by Gasteiger charge is -2.27. The minimum absolute atomic E-state index is 0.0452. The van der Waals surface area contributed by atoms with Crippen molar-refractivity contribution in [2.45, 2.75) is 36.1 Å². The molecule has 0 bridgehead atoms. The number of nitrogens with zero attached hydrogens (tertiary/aromatic N) is 1. The molecule has 1 fully saturated rings. The Balaban J connectivity index is 1.88. The van der Waals surface area contributed by atoms with Gasteiger partial charge in [-0.05, 0) is 49.2 Å². The largest absolute Gasteiger partial charge is 0.467 e. The third kappa shape index (κ3) is 4.29. The highest BCUT2D eigenvalue weighted by Gasteiger charge is 2.43. The lowest BCUT2D eigenvalue weighted by molar-refractivity contribution is -0.148. The molecule has 0 aliphatic heterocycles. The molecule has 0 spiro atoms. The Kier molecular flexibility index (Phi) is 6.38. The van der Waals surface area contributed by atoms with Gasteiger partial charge in [0.15, 0.2) is 0 Å². The first-order valence-corrected chi connectivity index (χ1v) is 11.3. The number of nitrogens with one attached hydrogen (secondary N) is 1. The van der Waals surface area contributed by atoms with E-state index in [1.165, 1.54) is 44.5 Å². The summed E-state index contributed by atoms with van der Waals surface area (Å²) in [5.41, 5.74) is -0.531. The Labute approximate surface area is 181 Å². The van der Waals surface area contributed by atoms with E-state index in [1.807, 2.05) is 0 Å². The molecule has 160 valence electrons. The average Bonchev–Trinajstić information content (AvgIpc) is 3.22. The standard InChI is InChI=1S/C21H23ClN2O5S/c1-24(17-9-6-8-16(22)14-17)30(27,28)18-10-5-7-15(13-18)19(25)23-21(20(26)29-2)11-3-4-12-21/h5-10,13-14H,3-4,11-12H2,1-2H3,(H,23,25). The summed E-state index contributed by atoms with van der Waals surface area (Å²) >= 11 is 5.97. The first kappa shape index (κ1) is 22.1. The smallest absolute Gasteiger partial charge is 0.331 e. The second kappa shape index (κ2) is 8.65. The van der Waals surface area contributed by atoms with E-state index >= 15 is 0 Å². The van der Waals surface area contributed by atoms with E-state index in [0.29, 0.717) is 23.6 Å². The van der Waals surface area contributed by atoms with Gasteiger partial charge in [-0.25, -0.2) is 13.2 Å². The molecule has 2 aromatic rings. The van der Waals surface area contributed by atoms with Crippen LogP contribution in [-0.4, -0.2) is 40.0 Å². The number of esters is 1. The second-order valence-electron chi connectivity index (χ2n) is 7.22. The van der Waals surface area contributed by atoms with E-state index in [9.17, 15) is 18.0 Å². The normalized spacial score (nSPS) is 15.4. The summed E-state index contributed by atoms with van der Waals surface area (Å²) in [6.07, 6.45) is 2.57. The van der Waals surface area contributed by atoms with Crippen molar-refractivity contribution in [3.05, 3.63) is 59.1 Å². The highest BCUT2D eigenvalue weighted by Crippen LogP contribution is 2.31. The summed E-state index contributed by atoms with van der Waals surface area (Å²) in [7, 11) is -1.22. The molecular weight excluding hydrogens is 428 g/mol. The first-order chi connectivity index (χ1) is 14.2. The molecule has 0 radical (unpaired) electrons. The van der Waals surface area contributed by atoms with Crippen LogP contribution in [0.5, 0.6) is 0 Å². The van der Waals surface area contributed by atoms with E-state index in [1.54, 1.807) is 18.2 Å². The lowest BCUT2D eigenvalue weighted by atomic mass is 9.97. The zero-order valence-corrected chi connectivity index (χ0v) is 18.3. The molecule has 0 saturated heterocycles. The minimum atomic E-state index is -3.93. The molecule has 1 amide bonds. The van der Waals surface area contributed by atoms with E-state index in [4.69, 9.17) is 16.3 Å². The molecule has 2 aromatic carbocycles. The van der Waals surface area contributed by atoms with Crippen LogP contribution in [0.15, 0.2) is 53.4 Å². The van der Waals surface area contributed by atoms with Gasteiger partial charge in [0.2, 0.25) is 0 Å². The fourth-order valence-corrected chi connectivity index (χ4v) is 5.03. The Morgan fingerprint density at radius 3 is 2.40 bits per heavy atom. The number of sulfonamides is 1. The number of carbonyl (C=O) groups excluding carboxylic acids is 2. The number of hydrogen-bond acceptors (Lipinski definition) is 5. The van der Waals surface area contributed by atoms with Gasteiger partial charge in [-0.3, -0.25) is 9.10 Å². The first-order valence-electron chi connectivity index (χ1n) is 9.45. The number of ether oxygens (including phenoxy) is 1. The third-order valence-electron chi connectivity index (χ3n) is 5.31. The summed E-state index contributed by atoms with van der Waals surface area (Å²) in [5.74, 6) is -1.01. The van der Waals surface area contributed by atoms with Gasteiger partial charge in [-0.15, -0.1) is 0 Å². The van der Waals surface area contributed by atoms with Crippen LogP contribution in [0.25, 0.3) is 0 Å². The number of amides is 1. The molecular formula is C21H23ClN2O5S. The average molecular weight is 451 g/mol. The van der Waals surface area contributed by atoms with Crippen molar-refractivity contribution < 1.29 is 22.7 Å². The topological polar surface area (TPSA) is 92.8 Å². The number of rotatable bonds is 6. The number of hydrogen-bond donors (Lipinski definition) is 1. The molecule has 3 rings (SSSR count). The van der Waals surface area contributed by atoms with Crippen LogP contribution >= 0.6 is 11.6 Å². The molecule has 9 heteroatoms. The SMILES string of the molecule is COC(=O)C1(NC(=O)c2cccc(S(=O)(=O)N(C)c3cccc(Cl)c3)c2)CCCC1. The maximum Gasteiger partial charge on any atom is 0.331 e. The van der Waals surface area contributed by atoms with Crippen LogP contribution in [0.4, 0.5) is 5.69 Å². The van der Waals surface area contributed by atoms with Crippen molar-refractivity contribution in [2.75, 3.05) is 18.5 Å². The van der Waals surface area contributed by atoms with Crippen molar-refractivity contribution in [3.63, 3.8) is 0 Å². The molecule has 1 N–H and O–H groups in total. The van der Waals surface area contributed by atoms with E-state index in [-0.39, 0.29) is 10.5 Å². The van der Waals surface area contributed by atoms with Gasteiger partial charge in [-0.2, -0.15) is 0 Å². The summed E-state index contributed by atoms with van der Waals surface area (Å²) in [6, 6.07) is 12.2.